The molecular weight excluding hydrogens is 402 g/mol. The number of nitrogens with one attached hydrogen (secondary N) is 1. The summed E-state index contributed by atoms with van der Waals surface area (Å²) in [6.07, 6.45) is 3.59. The number of rotatable bonds is 6. The van der Waals surface area contributed by atoms with Gasteiger partial charge in [0.2, 0.25) is 0 Å². The van der Waals surface area contributed by atoms with Gasteiger partial charge in [0.25, 0.3) is 0 Å². The van der Waals surface area contributed by atoms with Crippen molar-refractivity contribution < 1.29 is 0 Å². The third kappa shape index (κ3) is 3.52. The Morgan fingerprint density at radius 1 is 0.667 bits per heavy atom. The molecule has 0 aliphatic carbocycles. The van der Waals surface area contributed by atoms with Crippen LogP contribution in [0.3, 0.4) is 0 Å². The zero-order valence-corrected chi connectivity index (χ0v) is 18.1. The summed E-state index contributed by atoms with van der Waals surface area (Å²) in [6.45, 7) is 0. The van der Waals surface area contributed by atoms with Gasteiger partial charge in [0.05, 0.1) is 23.4 Å². The van der Waals surface area contributed by atoms with Gasteiger partial charge in [-0.25, -0.2) is 4.98 Å². The predicted molar refractivity (Wildman–Crippen MR) is 131 cm³/mol. The minimum absolute atomic E-state index is 0.219. The van der Waals surface area contributed by atoms with Gasteiger partial charge in [-0.1, -0.05) is 109 Å². The van der Waals surface area contributed by atoms with E-state index in [9.17, 15) is 5.26 Å². The van der Waals surface area contributed by atoms with Crippen LogP contribution in [0.1, 0.15) is 39.4 Å². The van der Waals surface area contributed by atoms with Crippen LogP contribution in [0, 0.1) is 11.3 Å². The molecule has 1 N–H and O–H groups in total. The Morgan fingerprint density at radius 3 is 1.61 bits per heavy atom. The van der Waals surface area contributed by atoms with Gasteiger partial charge in [-0.3, -0.25) is 0 Å². The molecule has 33 heavy (non-hydrogen) atoms. The van der Waals surface area contributed by atoms with Crippen LogP contribution in [0.15, 0.2) is 128 Å². The minimum Gasteiger partial charge on any atom is -0.348 e. The van der Waals surface area contributed by atoms with Crippen molar-refractivity contribution >= 4 is 0 Å². The van der Waals surface area contributed by atoms with Gasteiger partial charge in [-0.15, -0.1) is 0 Å². The molecule has 0 saturated carbocycles. The van der Waals surface area contributed by atoms with Gasteiger partial charge >= 0.3 is 0 Å². The number of hydrogen-bond donors (Lipinski definition) is 1. The first kappa shape index (κ1) is 20.5. The van der Waals surface area contributed by atoms with E-state index in [0.717, 1.165) is 27.9 Å². The summed E-state index contributed by atoms with van der Waals surface area (Å²) in [5.74, 6) is -0.219. The molecular formula is C30H23N3. The van der Waals surface area contributed by atoms with E-state index in [1.54, 1.807) is 6.33 Å². The maximum Gasteiger partial charge on any atom is 0.0994 e. The molecule has 3 nitrogen and oxygen atoms in total. The van der Waals surface area contributed by atoms with Crippen LogP contribution in [-0.2, 0) is 5.41 Å². The fraction of sp³-hybridized carbons (Fsp3) is 0.0667. The van der Waals surface area contributed by atoms with E-state index in [0.29, 0.717) is 5.56 Å². The van der Waals surface area contributed by atoms with Crippen molar-refractivity contribution in [2.45, 2.75) is 11.3 Å². The van der Waals surface area contributed by atoms with E-state index in [4.69, 9.17) is 0 Å². The quantitative estimate of drug-likeness (QED) is 0.318. The number of aromatic nitrogens is 2. The van der Waals surface area contributed by atoms with Gasteiger partial charge in [0.1, 0.15) is 0 Å². The van der Waals surface area contributed by atoms with Crippen LogP contribution >= 0.6 is 0 Å². The lowest BCUT2D eigenvalue weighted by atomic mass is 9.58. The molecule has 0 saturated heterocycles. The molecule has 0 amide bonds. The largest absolute Gasteiger partial charge is 0.348 e. The molecule has 0 bridgehead atoms. The number of imidazole rings is 1. The zero-order valence-electron chi connectivity index (χ0n) is 18.1. The molecule has 0 radical (unpaired) electrons. The first-order valence-corrected chi connectivity index (χ1v) is 11.0. The summed E-state index contributed by atoms with van der Waals surface area (Å²) in [6, 6.07) is 42.0. The number of nitriles is 1. The van der Waals surface area contributed by atoms with Crippen molar-refractivity contribution in [3.63, 3.8) is 0 Å². The monoisotopic (exact) mass is 425 g/mol. The predicted octanol–water partition coefficient (Wildman–Crippen LogP) is 6.45. The van der Waals surface area contributed by atoms with E-state index >= 15 is 0 Å². The molecule has 3 heteroatoms. The Balaban J connectivity index is 1.97. The van der Waals surface area contributed by atoms with Crippen LogP contribution < -0.4 is 0 Å². The Bertz CT molecular complexity index is 1260. The Hall–Kier alpha value is -4.42. The normalized spacial score (nSPS) is 12.1. The average molecular weight is 426 g/mol. The van der Waals surface area contributed by atoms with Crippen LogP contribution in [0.4, 0.5) is 0 Å². The molecule has 0 spiro atoms. The summed E-state index contributed by atoms with van der Waals surface area (Å²) in [5.41, 5.74) is 5.40. The van der Waals surface area contributed by atoms with Gasteiger partial charge in [0.15, 0.2) is 0 Å². The van der Waals surface area contributed by atoms with E-state index in [1.807, 2.05) is 42.6 Å². The van der Waals surface area contributed by atoms with E-state index in [-0.39, 0.29) is 5.92 Å². The maximum absolute atomic E-state index is 10.1. The van der Waals surface area contributed by atoms with E-state index in [2.05, 4.69) is 94.9 Å². The van der Waals surface area contributed by atoms with Gasteiger partial charge in [-0.05, 0) is 28.3 Å². The maximum atomic E-state index is 10.1. The number of nitrogens with zero attached hydrogens (tertiary/aromatic N) is 2. The third-order valence-electron chi connectivity index (χ3n) is 6.34. The zero-order chi connectivity index (χ0) is 22.5. The number of H-pyrrole nitrogens is 1. The second-order valence-electron chi connectivity index (χ2n) is 8.05. The summed E-state index contributed by atoms with van der Waals surface area (Å²) < 4.78 is 0. The molecule has 1 aromatic heterocycles. The van der Waals surface area contributed by atoms with Crippen LogP contribution in [-0.4, -0.2) is 9.97 Å². The molecule has 158 valence electrons. The standard InChI is InChI=1S/C30H23N3/c31-20-23-12-10-11-19-27(23)29(28-21-32-22-33-28)30(24-13-4-1-5-14-24,25-15-6-2-7-16-25)26-17-8-3-9-18-26/h1-19,21-22,29H,(H,32,33). The molecule has 5 aromatic rings. The number of aromatic amines is 1. The minimum atomic E-state index is -0.608. The van der Waals surface area contributed by atoms with Gasteiger partial charge < -0.3 is 4.98 Å². The lowest BCUT2D eigenvalue weighted by Gasteiger charge is -2.43. The molecule has 5 rings (SSSR count). The van der Waals surface area contributed by atoms with Gasteiger partial charge in [0, 0.05) is 17.8 Å². The number of benzene rings is 4. The highest BCUT2D eigenvalue weighted by molar-refractivity contribution is 5.59. The topological polar surface area (TPSA) is 52.5 Å². The Kier molecular flexibility index (Phi) is 5.57. The summed E-state index contributed by atoms with van der Waals surface area (Å²) >= 11 is 0. The van der Waals surface area contributed by atoms with Crippen molar-refractivity contribution in [2.24, 2.45) is 0 Å². The molecule has 0 fully saturated rings. The summed E-state index contributed by atoms with van der Waals surface area (Å²) in [7, 11) is 0. The highest BCUT2D eigenvalue weighted by Gasteiger charge is 2.46. The SMILES string of the molecule is N#Cc1ccccc1C(c1cnc[nH]1)C(c1ccccc1)(c1ccccc1)c1ccccc1. The van der Waals surface area contributed by atoms with Crippen LogP contribution in [0.2, 0.25) is 0 Å². The van der Waals surface area contributed by atoms with Crippen molar-refractivity contribution in [2.75, 3.05) is 0 Å². The smallest absolute Gasteiger partial charge is 0.0994 e. The average Bonchev–Trinajstić information content (AvgIpc) is 3.43. The molecule has 1 atom stereocenters. The lowest BCUT2D eigenvalue weighted by molar-refractivity contribution is 0.528. The van der Waals surface area contributed by atoms with Crippen molar-refractivity contribution in [1.82, 2.24) is 9.97 Å². The first-order valence-electron chi connectivity index (χ1n) is 11.0. The summed E-state index contributed by atoms with van der Waals surface area (Å²) in [5, 5.41) is 10.1. The fourth-order valence-corrected chi connectivity index (χ4v) is 5.01. The van der Waals surface area contributed by atoms with Crippen LogP contribution in [0.25, 0.3) is 0 Å². The van der Waals surface area contributed by atoms with E-state index in [1.165, 1.54) is 0 Å². The third-order valence-corrected chi connectivity index (χ3v) is 6.34. The van der Waals surface area contributed by atoms with Crippen molar-refractivity contribution in [3.8, 4) is 6.07 Å². The second-order valence-corrected chi connectivity index (χ2v) is 8.05. The Labute approximate surface area is 194 Å². The van der Waals surface area contributed by atoms with Crippen molar-refractivity contribution in [3.05, 3.63) is 161 Å². The molecule has 0 aliphatic heterocycles. The molecule has 4 aromatic carbocycles. The number of hydrogen-bond acceptors (Lipinski definition) is 2. The second kappa shape index (κ2) is 8.98. The first-order chi connectivity index (χ1) is 16.4. The summed E-state index contributed by atoms with van der Waals surface area (Å²) in [4.78, 5) is 7.76. The highest BCUT2D eigenvalue weighted by Crippen LogP contribution is 2.52. The molecule has 1 heterocycles. The Morgan fingerprint density at radius 2 is 1.15 bits per heavy atom. The van der Waals surface area contributed by atoms with E-state index < -0.39 is 5.41 Å². The van der Waals surface area contributed by atoms with Crippen LogP contribution in [0.5, 0.6) is 0 Å². The fourth-order valence-electron chi connectivity index (χ4n) is 5.01. The highest BCUT2D eigenvalue weighted by atomic mass is 14.9. The molecule has 0 aliphatic rings. The molecule has 1 unspecified atom stereocenters. The lowest BCUT2D eigenvalue weighted by Crippen LogP contribution is -2.38. The van der Waals surface area contributed by atoms with Crippen molar-refractivity contribution in [1.29, 1.82) is 5.26 Å². The van der Waals surface area contributed by atoms with Gasteiger partial charge in [-0.2, -0.15) is 5.26 Å².